The standard InChI is InChI=1S/C6H3F2.ClH.Mg/c7-5-3-1-2-4-6(5)8;;/h1-3H;1H;/q;;+1/p-1. The molecular weight excluding hydrogens is 170 g/mol. The number of hydrogen-bond acceptors (Lipinski definition) is 0. The van der Waals surface area contributed by atoms with Crippen molar-refractivity contribution in [3.05, 3.63) is 29.8 Å². The van der Waals surface area contributed by atoms with E-state index in [4.69, 9.17) is 9.07 Å². The van der Waals surface area contributed by atoms with Crippen molar-refractivity contribution in [3.63, 3.8) is 0 Å². The molecule has 1 rings (SSSR count). The Morgan fingerprint density at radius 3 is 2.50 bits per heavy atom. The van der Waals surface area contributed by atoms with Crippen LogP contribution in [0.3, 0.4) is 0 Å². The quantitative estimate of drug-likeness (QED) is 0.563. The molecule has 0 unspecified atom stereocenters. The molecule has 4 heteroatoms. The van der Waals surface area contributed by atoms with Gasteiger partial charge >= 0.3 is 19.3 Å². The van der Waals surface area contributed by atoms with Crippen LogP contribution in [0.1, 0.15) is 0 Å². The van der Waals surface area contributed by atoms with E-state index in [0.717, 1.165) is 6.07 Å². The molecule has 0 atom stereocenters. The summed E-state index contributed by atoms with van der Waals surface area (Å²) in [6, 6.07) is 4.06. The van der Waals surface area contributed by atoms with Crippen molar-refractivity contribution in [2.24, 2.45) is 0 Å². The summed E-state index contributed by atoms with van der Waals surface area (Å²) in [5.41, 5.74) is 0. The van der Waals surface area contributed by atoms with Gasteiger partial charge in [-0.05, 0) is 6.07 Å². The summed E-state index contributed by atoms with van der Waals surface area (Å²) in [5, 5.41) is 0. The summed E-state index contributed by atoms with van der Waals surface area (Å²) in [4.78, 5) is 0. The largest absolute Gasteiger partial charge is 0.542 e. The van der Waals surface area contributed by atoms with Crippen LogP contribution in [-0.2, 0) is 0 Å². The second-order valence-corrected chi connectivity index (χ2v) is 3.68. The lowest BCUT2D eigenvalue weighted by Gasteiger charge is -1.96. The molecule has 50 valence electrons. The first-order chi connectivity index (χ1) is 4.75. The molecule has 0 saturated heterocycles. The molecule has 0 fully saturated rings. The van der Waals surface area contributed by atoms with Crippen LogP contribution in [0.5, 0.6) is 0 Å². The maximum absolute atomic E-state index is 12.6. The van der Waals surface area contributed by atoms with Crippen LogP contribution in [0.15, 0.2) is 18.2 Å². The first-order valence-corrected chi connectivity index (χ1v) is 5.59. The van der Waals surface area contributed by atoms with Crippen LogP contribution < -0.4 is 3.69 Å². The summed E-state index contributed by atoms with van der Waals surface area (Å²) in [7, 11) is 5.44. The van der Waals surface area contributed by atoms with Crippen molar-refractivity contribution in [2.45, 2.75) is 0 Å². The van der Waals surface area contributed by atoms with Gasteiger partial charge in [-0.25, -0.2) is 8.78 Å². The average molecular weight is 173 g/mol. The number of rotatable bonds is 1. The van der Waals surface area contributed by atoms with Crippen LogP contribution in [-0.4, -0.2) is 19.3 Å². The van der Waals surface area contributed by atoms with Crippen molar-refractivity contribution in [2.75, 3.05) is 0 Å². The molecule has 0 aromatic heterocycles. The third-order valence-corrected chi connectivity index (χ3v) is 2.87. The smallest absolute Gasteiger partial charge is 0.335 e. The molecular formula is C6H3ClF2Mg. The van der Waals surface area contributed by atoms with Gasteiger partial charge in [-0.3, -0.25) is 0 Å². The van der Waals surface area contributed by atoms with E-state index in [1.165, 1.54) is 12.1 Å². The van der Waals surface area contributed by atoms with Gasteiger partial charge in [0.05, 0.1) is 0 Å². The zero-order valence-corrected chi connectivity index (χ0v) is 7.24. The van der Waals surface area contributed by atoms with Gasteiger partial charge < -0.3 is 9.07 Å². The molecule has 0 amide bonds. The first kappa shape index (κ1) is 8.23. The summed E-state index contributed by atoms with van der Waals surface area (Å²) >= 11 is -1.10. The maximum Gasteiger partial charge on any atom is 0.542 e. The average Bonchev–Trinajstić information content (AvgIpc) is 1.95. The molecule has 0 aliphatic carbocycles. The summed E-state index contributed by atoms with van der Waals surface area (Å²) in [6.07, 6.45) is 0. The Morgan fingerprint density at radius 1 is 1.30 bits per heavy atom. The third-order valence-electron chi connectivity index (χ3n) is 1.18. The van der Waals surface area contributed by atoms with E-state index in [1.807, 2.05) is 0 Å². The number of halogens is 3. The van der Waals surface area contributed by atoms with Gasteiger partial charge in [0.15, 0.2) is 5.82 Å². The SMILES string of the molecule is Fc1ccc[c]([Mg][Cl])c1F. The predicted molar refractivity (Wildman–Crippen MR) is 37.6 cm³/mol. The van der Waals surface area contributed by atoms with Gasteiger partial charge in [-0.1, -0.05) is 12.1 Å². The fraction of sp³-hybridized carbons (Fsp3) is 0. The Kier molecular flexibility index (Phi) is 2.89. The molecule has 10 heavy (non-hydrogen) atoms. The van der Waals surface area contributed by atoms with Gasteiger partial charge in [0.25, 0.3) is 0 Å². The molecule has 0 bridgehead atoms. The van der Waals surface area contributed by atoms with Gasteiger partial charge in [-0.15, -0.1) is 3.69 Å². The van der Waals surface area contributed by atoms with Gasteiger partial charge in [-0.2, -0.15) is 0 Å². The summed E-state index contributed by atoms with van der Waals surface area (Å²) in [6.45, 7) is 0. The van der Waals surface area contributed by atoms with Crippen LogP contribution >= 0.6 is 9.07 Å². The van der Waals surface area contributed by atoms with E-state index in [2.05, 4.69) is 0 Å². The van der Waals surface area contributed by atoms with Crippen molar-refractivity contribution >= 4 is 32.0 Å². The molecule has 0 saturated carbocycles. The van der Waals surface area contributed by atoms with Crippen LogP contribution in [0.2, 0.25) is 0 Å². The molecule has 1 aromatic rings. The number of hydrogen-bond donors (Lipinski definition) is 0. The second kappa shape index (κ2) is 3.50. The first-order valence-electron chi connectivity index (χ1n) is 2.74. The zero-order valence-electron chi connectivity index (χ0n) is 5.07. The van der Waals surface area contributed by atoms with Gasteiger partial charge in [0, 0.05) is 0 Å². The Bertz CT molecular complexity index is 239. The monoisotopic (exact) mass is 172 g/mol. The van der Waals surface area contributed by atoms with Crippen LogP contribution in [0, 0.1) is 11.6 Å². The van der Waals surface area contributed by atoms with Gasteiger partial charge in [0.2, 0.25) is 0 Å². The summed E-state index contributed by atoms with van der Waals surface area (Å²) < 4.78 is 25.3. The lowest BCUT2D eigenvalue weighted by atomic mass is 10.3. The Labute approximate surface area is 70.7 Å². The van der Waals surface area contributed by atoms with E-state index in [0.29, 0.717) is 3.69 Å². The fourth-order valence-corrected chi connectivity index (χ4v) is 1.78. The third kappa shape index (κ3) is 1.59. The van der Waals surface area contributed by atoms with E-state index in [1.54, 1.807) is 0 Å². The highest BCUT2D eigenvalue weighted by atomic mass is 35.5. The maximum atomic E-state index is 12.6. The molecule has 0 heterocycles. The highest BCUT2D eigenvalue weighted by Gasteiger charge is 2.06. The minimum Gasteiger partial charge on any atom is -0.335 e. The molecule has 0 radical (unpaired) electrons. The topological polar surface area (TPSA) is 0 Å². The molecule has 0 aliphatic heterocycles. The molecule has 0 aliphatic rings. The van der Waals surface area contributed by atoms with E-state index >= 15 is 0 Å². The van der Waals surface area contributed by atoms with Crippen LogP contribution in [0.25, 0.3) is 0 Å². The van der Waals surface area contributed by atoms with Gasteiger partial charge in [0.1, 0.15) is 5.82 Å². The highest BCUT2D eigenvalue weighted by Crippen LogP contribution is 2.00. The predicted octanol–water partition coefficient (Wildman–Crippen LogP) is 1.45. The fourth-order valence-electron chi connectivity index (χ4n) is 0.652. The Hall–Kier alpha value is 0.136. The van der Waals surface area contributed by atoms with Crippen molar-refractivity contribution in [1.29, 1.82) is 0 Å². The molecule has 1 aromatic carbocycles. The van der Waals surface area contributed by atoms with E-state index in [-0.39, 0.29) is 0 Å². The normalized spacial score (nSPS) is 9.10. The second-order valence-electron chi connectivity index (χ2n) is 1.85. The lowest BCUT2D eigenvalue weighted by Crippen LogP contribution is -2.14. The Morgan fingerprint density at radius 2 is 2.00 bits per heavy atom. The van der Waals surface area contributed by atoms with Crippen molar-refractivity contribution < 1.29 is 8.78 Å². The van der Waals surface area contributed by atoms with Crippen molar-refractivity contribution in [3.8, 4) is 0 Å². The van der Waals surface area contributed by atoms with E-state index in [9.17, 15) is 8.78 Å². The highest BCUT2D eigenvalue weighted by molar-refractivity contribution is 7.01. The van der Waals surface area contributed by atoms with Crippen molar-refractivity contribution in [1.82, 2.24) is 0 Å². The lowest BCUT2D eigenvalue weighted by molar-refractivity contribution is 0.514. The molecule has 0 spiro atoms. The minimum atomic E-state index is -1.10. The Balaban J connectivity index is 3.14. The molecule has 0 nitrogen and oxygen atoms in total. The van der Waals surface area contributed by atoms with Crippen LogP contribution in [0.4, 0.5) is 8.78 Å². The van der Waals surface area contributed by atoms with E-state index < -0.39 is 30.9 Å². The minimum absolute atomic E-state index is 0.335. The zero-order chi connectivity index (χ0) is 7.56. The number of benzene rings is 1. The summed E-state index contributed by atoms with van der Waals surface area (Å²) in [5.74, 6) is -1.60. The molecule has 0 N–H and O–H groups in total.